The van der Waals surface area contributed by atoms with Crippen molar-refractivity contribution in [2.75, 3.05) is 32.3 Å². The lowest BCUT2D eigenvalue weighted by Crippen LogP contribution is -2.53. The highest BCUT2D eigenvalue weighted by molar-refractivity contribution is 6.36. The summed E-state index contributed by atoms with van der Waals surface area (Å²) in [5, 5.41) is 11.0. The van der Waals surface area contributed by atoms with Crippen molar-refractivity contribution in [2.24, 2.45) is 23.7 Å². The molecule has 3 fully saturated rings. The number of halogens is 2. The number of hydrogen-bond acceptors (Lipinski definition) is 8. The number of methoxy groups -OCH3 is 1. The molecule has 4 amide bonds. The van der Waals surface area contributed by atoms with Gasteiger partial charge in [0, 0.05) is 17.5 Å². The molecule has 0 spiro atoms. The molecule has 0 aromatic heterocycles. The van der Waals surface area contributed by atoms with E-state index in [4.69, 9.17) is 32.7 Å². The van der Waals surface area contributed by atoms with E-state index in [1.54, 1.807) is 43.5 Å². The van der Waals surface area contributed by atoms with Crippen LogP contribution in [-0.2, 0) is 24.6 Å². The van der Waals surface area contributed by atoms with E-state index in [9.17, 15) is 19.5 Å². The minimum atomic E-state index is -1.45. The summed E-state index contributed by atoms with van der Waals surface area (Å²) < 4.78 is 11.1. The lowest BCUT2D eigenvalue weighted by atomic mass is 9.49. The summed E-state index contributed by atoms with van der Waals surface area (Å²) >= 11 is 12.7. The third-order valence-corrected chi connectivity index (χ3v) is 11.2. The number of allylic oxidation sites excluding steroid dienone is 2. The Bertz CT molecular complexity index is 1880. The number of nitrogens with zero attached hydrogens (tertiary/aromatic N) is 2. The van der Waals surface area contributed by atoms with Crippen LogP contribution >= 0.6 is 23.2 Å². The number of hydrazine groups is 1. The summed E-state index contributed by atoms with van der Waals surface area (Å²) in [6, 6.07) is 19.2. The molecule has 2 N–H and O–H groups in total. The number of likely N-dealkylation sites (tertiary alicyclic amines) is 1. The first kappa shape index (κ1) is 34.1. The first-order valence-electron chi connectivity index (χ1n) is 16.8. The van der Waals surface area contributed by atoms with Gasteiger partial charge in [0.05, 0.1) is 47.6 Å². The molecular formula is C38H37Cl2N3O7. The number of amides is 4. The Balaban J connectivity index is 1.43. The molecule has 4 aliphatic rings. The monoisotopic (exact) mass is 717 g/mol. The molecule has 1 saturated carbocycles. The summed E-state index contributed by atoms with van der Waals surface area (Å²) in [5.74, 6) is -3.47. The average molecular weight is 719 g/mol. The van der Waals surface area contributed by atoms with Crippen molar-refractivity contribution >= 4 is 52.5 Å². The maximum atomic E-state index is 15.3. The molecule has 12 heteroatoms. The van der Waals surface area contributed by atoms with Gasteiger partial charge in [-0.15, -0.1) is 0 Å². The molecule has 2 saturated heterocycles. The van der Waals surface area contributed by atoms with Crippen LogP contribution in [0.15, 0.2) is 78.4 Å². The molecule has 6 unspecified atom stereocenters. The molecule has 3 aromatic rings. The number of fused-ring (bicyclic) bond motifs is 4. The van der Waals surface area contributed by atoms with Crippen LogP contribution in [0.4, 0.5) is 5.69 Å². The van der Waals surface area contributed by atoms with Crippen molar-refractivity contribution in [3.63, 3.8) is 0 Å². The van der Waals surface area contributed by atoms with Gasteiger partial charge in [0.25, 0.3) is 11.8 Å². The number of nitrogens with one attached hydrogen (secondary N) is 1. The molecule has 50 heavy (non-hydrogen) atoms. The molecule has 260 valence electrons. The summed E-state index contributed by atoms with van der Waals surface area (Å²) in [6.45, 7) is 2.23. The van der Waals surface area contributed by atoms with E-state index in [0.717, 1.165) is 16.1 Å². The van der Waals surface area contributed by atoms with Gasteiger partial charge >= 0.3 is 0 Å². The van der Waals surface area contributed by atoms with Crippen LogP contribution in [0.3, 0.4) is 0 Å². The van der Waals surface area contributed by atoms with Crippen molar-refractivity contribution in [3.05, 3.63) is 99.6 Å². The van der Waals surface area contributed by atoms with Crippen LogP contribution in [0.5, 0.6) is 11.5 Å². The predicted octanol–water partition coefficient (Wildman–Crippen LogP) is 5.77. The second-order valence-corrected chi connectivity index (χ2v) is 14.0. The number of benzene rings is 3. The smallest absolute Gasteiger partial charge is 0.260 e. The van der Waals surface area contributed by atoms with E-state index in [1.165, 1.54) is 11.0 Å². The van der Waals surface area contributed by atoms with Crippen molar-refractivity contribution < 1.29 is 33.8 Å². The number of carbonyl (C=O) groups is 4. The van der Waals surface area contributed by atoms with Crippen molar-refractivity contribution in [3.8, 4) is 11.5 Å². The van der Waals surface area contributed by atoms with Crippen LogP contribution in [0.1, 0.15) is 43.2 Å². The summed E-state index contributed by atoms with van der Waals surface area (Å²) in [4.78, 5) is 59.0. The standard InChI is InChI=1S/C38H37Cl2N3O7/c1-3-16-42-34(45)27-14-13-26-28(32(27)36(42)47)20-29-35(46)43(41-31-15-8-23(39)19-30(31)40)37(48)38(29,22-6-11-24(49-2)12-7-22)33(26)21-4-9-25(10-5-21)50-18-17-44/h4-13,15,19,27-29,32-33,41,44H,3,14,16-18,20H2,1-2H3. The largest absolute Gasteiger partial charge is 0.497 e. The number of aliphatic hydroxyl groups is 1. The van der Waals surface area contributed by atoms with Crippen molar-refractivity contribution in [1.29, 1.82) is 0 Å². The molecule has 0 radical (unpaired) electrons. The van der Waals surface area contributed by atoms with Gasteiger partial charge < -0.3 is 14.6 Å². The first-order valence-corrected chi connectivity index (χ1v) is 17.5. The lowest BCUT2D eigenvalue weighted by molar-refractivity contribution is -0.141. The highest BCUT2D eigenvalue weighted by atomic mass is 35.5. The maximum absolute atomic E-state index is 15.3. The maximum Gasteiger partial charge on any atom is 0.260 e. The fraction of sp³-hybridized carbons (Fsp3) is 0.368. The van der Waals surface area contributed by atoms with Gasteiger partial charge in [0.15, 0.2) is 0 Å². The van der Waals surface area contributed by atoms with Crippen LogP contribution in [0, 0.1) is 23.7 Å². The zero-order valence-corrected chi connectivity index (χ0v) is 29.1. The first-order chi connectivity index (χ1) is 24.1. The van der Waals surface area contributed by atoms with E-state index in [-0.39, 0.29) is 36.5 Å². The van der Waals surface area contributed by atoms with Crippen LogP contribution in [-0.4, -0.2) is 65.5 Å². The Hall–Kier alpha value is -4.38. The van der Waals surface area contributed by atoms with E-state index >= 15 is 4.79 Å². The van der Waals surface area contributed by atoms with E-state index < -0.39 is 46.8 Å². The topological polar surface area (TPSA) is 125 Å². The minimum absolute atomic E-state index is 0.113. The van der Waals surface area contributed by atoms with E-state index in [2.05, 4.69) is 5.43 Å². The molecule has 3 aromatic carbocycles. The minimum Gasteiger partial charge on any atom is -0.497 e. The van der Waals surface area contributed by atoms with Gasteiger partial charge in [-0.25, -0.2) is 0 Å². The molecule has 2 aliphatic carbocycles. The third kappa shape index (κ3) is 5.27. The summed E-state index contributed by atoms with van der Waals surface area (Å²) in [7, 11) is 1.56. The van der Waals surface area contributed by atoms with Crippen LogP contribution in [0.25, 0.3) is 0 Å². The molecule has 6 atom stereocenters. The zero-order chi connectivity index (χ0) is 35.3. The number of hydrogen-bond donors (Lipinski definition) is 2. The van der Waals surface area contributed by atoms with Gasteiger partial charge in [-0.05, 0) is 78.8 Å². The highest BCUT2D eigenvalue weighted by Gasteiger charge is 2.70. The second-order valence-electron chi connectivity index (χ2n) is 13.2. The Morgan fingerprint density at radius 3 is 2.30 bits per heavy atom. The fourth-order valence-corrected chi connectivity index (χ4v) is 9.10. The highest BCUT2D eigenvalue weighted by Crippen LogP contribution is 2.64. The Morgan fingerprint density at radius 1 is 0.920 bits per heavy atom. The van der Waals surface area contributed by atoms with Gasteiger partial charge in [0.1, 0.15) is 18.1 Å². The third-order valence-electron chi connectivity index (χ3n) is 10.7. The van der Waals surface area contributed by atoms with Gasteiger partial charge in [-0.2, -0.15) is 5.01 Å². The van der Waals surface area contributed by atoms with Gasteiger partial charge in [0.2, 0.25) is 11.8 Å². The Labute approximate surface area is 299 Å². The van der Waals surface area contributed by atoms with Gasteiger partial charge in [-0.1, -0.05) is 66.0 Å². The second kappa shape index (κ2) is 13.4. The Morgan fingerprint density at radius 2 is 1.64 bits per heavy atom. The Kier molecular flexibility index (Phi) is 9.13. The molecular weight excluding hydrogens is 681 g/mol. The zero-order valence-electron chi connectivity index (χ0n) is 27.6. The number of ether oxygens (including phenoxy) is 2. The van der Waals surface area contributed by atoms with E-state index in [1.807, 2.05) is 37.3 Å². The molecule has 0 bridgehead atoms. The predicted molar refractivity (Wildman–Crippen MR) is 187 cm³/mol. The fourth-order valence-electron chi connectivity index (χ4n) is 8.65. The summed E-state index contributed by atoms with van der Waals surface area (Å²) in [6.07, 6.45) is 3.20. The van der Waals surface area contributed by atoms with Crippen LogP contribution in [0.2, 0.25) is 10.0 Å². The quantitative estimate of drug-likeness (QED) is 0.200. The number of imide groups is 2. The molecule has 10 nitrogen and oxygen atoms in total. The molecule has 2 aliphatic heterocycles. The lowest BCUT2D eigenvalue weighted by Gasteiger charge is -2.50. The van der Waals surface area contributed by atoms with Crippen molar-refractivity contribution in [2.45, 2.75) is 37.5 Å². The number of aliphatic hydroxyl groups excluding tert-OH is 1. The molecule has 7 rings (SSSR count). The number of rotatable bonds is 10. The average Bonchev–Trinajstić information content (AvgIpc) is 3.49. The summed E-state index contributed by atoms with van der Waals surface area (Å²) in [5.41, 5.74) is 4.09. The van der Waals surface area contributed by atoms with Crippen LogP contribution < -0.4 is 14.9 Å². The van der Waals surface area contributed by atoms with Gasteiger partial charge in [-0.3, -0.25) is 29.5 Å². The normalized spacial score (nSPS) is 27.1. The SMILES string of the molecule is CCCN1C(=O)C2CC=C3C(CC4C(=O)N(Nc5ccc(Cl)cc5Cl)C(=O)C4(c4ccc(OC)cc4)C3c3ccc(OCCO)cc3)C2C1=O. The molecule has 2 heterocycles. The number of anilines is 1. The number of carbonyl (C=O) groups excluding carboxylic acids is 4. The van der Waals surface area contributed by atoms with E-state index in [0.29, 0.717) is 47.2 Å². The van der Waals surface area contributed by atoms with Crippen molar-refractivity contribution in [1.82, 2.24) is 9.91 Å².